The van der Waals surface area contributed by atoms with Crippen molar-refractivity contribution in [2.45, 2.75) is 43.7 Å². The number of hydrogen-bond donors (Lipinski definition) is 1. The Morgan fingerprint density at radius 3 is 2.81 bits per heavy atom. The van der Waals surface area contributed by atoms with Crippen molar-refractivity contribution < 1.29 is 9.53 Å². The summed E-state index contributed by atoms with van der Waals surface area (Å²) in [6.07, 6.45) is 1.26. The Bertz CT molecular complexity index is 459. The number of aromatic nitrogens is 2. The highest BCUT2D eigenvalue weighted by Crippen LogP contribution is 2.26. The smallest absolute Gasteiger partial charge is 0.233 e. The van der Waals surface area contributed by atoms with Crippen molar-refractivity contribution in [1.29, 1.82) is 0 Å². The van der Waals surface area contributed by atoms with E-state index in [1.807, 2.05) is 18.7 Å². The number of carbonyl (C=O) groups excluding carboxylic acids is 1. The maximum absolute atomic E-state index is 12.2. The van der Waals surface area contributed by atoms with E-state index in [-0.39, 0.29) is 18.1 Å². The molecule has 1 amide bonds. The van der Waals surface area contributed by atoms with Crippen LogP contribution in [0, 0.1) is 0 Å². The van der Waals surface area contributed by atoms with Gasteiger partial charge in [-0.1, -0.05) is 30.0 Å². The van der Waals surface area contributed by atoms with Crippen LogP contribution in [0.15, 0.2) is 4.34 Å². The molecule has 0 bridgehead atoms. The third-order valence-electron chi connectivity index (χ3n) is 3.02. The average molecular weight is 330 g/mol. The van der Waals surface area contributed by atoms with Crippen molar-refractivity contribution >= 4 is 34.1 Å². The van der Waals surface area contributed by atoms with Gasteiger partial charge in [0.1, 0.15) is 0 Å². The number of hydrogen-bond acceptors (Lipinski definition) is 7. The van der Waals surface area contributed by atoms with Crippen LogP contribution in [0.5, 0.6) is 0 Å². The number of thioether (sulfide) groups is 1. The summed E-state index contributed by atoms with van der Waals surface area (Å²) in [5.74, 6) is 0.544. The summed E-state index contributed by atoms with van der Waals surface area (Å²) in [5.41, 5.74) is 0. The van der Waals surface area contributed by atoms with Crippen molar-refractivity contribution in [2.75, 3.05) is 30.7 Å². The first-order valence-corrected chi connectivity index (χ1v) is 9.02. The van der Waals surface area contributed by atoms with Gasteiger partial charge in [-0.15, -0.1) is 10.2 Å². The number of morpholine rings is 1. The van der Waals surface area contributed by atoms with E-state index in [0.717, 1.165) is 22.4 Å². The molecule has 0 aliphatic carbocycles. The molecular weight excluding hydrogens is 308 g/mol. The summed E-state index contributed by atoms with van der Waals surface area (Å²) in [6, 6.07) is 0. The van der Waals surface area contributed by atoms with Crippen molar-refractivity contribution in [3.63, 3.8) is 0 Å². The second kappa shape index (κ2) is 7.95. The van der Waals surface area contributed by atoms with Crippen molar-refractivity contribution in [2.24, 2.45) is 0 Å². The Kier molecular flexibility index (Phi) is 6.25. The highest BCUT2D eigenvalue weighted by molar-refractivity contribution is 8.01. The lowest BCUT2D eigenvalue weighted by molar-refractivity contribution is -0.140. The second-order valence-electron chi connectivity index (χ2n) is 5.14. The molecule has 2 heterocycles. The quantitative estimate of drug-likeness (QED) is 0.806. The number of rotatable bonds is 6. The molecule has 1 fully saturated rings. The highest BCUT2D eigenvalue weighted by Gasteiger charge is 2.25. The Labute approximate surface area is 133 Å². The van der Waals surface area contributed by atoms with Gasteiger partial charge in [-0.05, 0) is 20.3 Å². The number of nitrogens with one attached hydrogen (secondary N) is 1. The third-order valence-corrected chi connectivity index (χ3v) is 5.02. The Morgan fingerprint density at radius 1 is 1.43 bits per heavy atom. The van der Waals surface area contributed by atoms with Gasteiger partial charge in [-0.3, -0.25) is 4.79 Å². The van der Waals surface area contributed by atoms with Crippen LogP contribution in [0.3, 0.4) is 0 Å². The number of amides is 1. The van der Waals surface area contributed by atoms with Gasteiger partial charge in [0.15, 0.2) is 4.34 Å². The van der Waals surface area contributed by atoms with E-state index in [1.165, 1.54) is 23.1 Å². The van der Waals surface area contributed by atoms with E-state index < -0.39 is 0 Å². The minimum atomic E-state index is 0.106. The van der Waals surface area contributed by atoms with Gasteiger partial charge in [0.05, 0.1) is 18.0 Å². The molecule has 0 aromatic carbocycles. The molecular formula is C13H22N4O2S2. The molecule has 8 heteroatoms. The number of carbonyl (C=O) groups is 1. The van der Waals surface area contributed by atoms with Crippen molar-refractivity contribution in [3.05, 3.63) is 0 Å². The van der Waals surface area contributed by atoms with Crippen LogP contribution in [0.25, 0.3) is 0 Å². The highest BCUT2D eigenvalue weighted by atomic mass is 32.2. The summed E-state index contributed by atoms with van der Waals surface area (Å²) in [7, 11) is 0. The van der Waals surface area contributed by atoms with E-state index in [4.69, 9.17) is 4.74 Å². The van der Waals surface area contributed by atoms with E-state index in [1.54, 1.807) is 0 Å². The van der Waals surface area contributed by atoms with Crippen molar-refractivity contribution in [1.82, 2.24) is 15.1 Å². The zero-order valence-electron chi connectivity index (χ0n) is 12.7. The largest absolute Gasteiger partial charge is 0.372 e. The molecule has 2 atom stereocenters. The van der Waals surface area contributed by atoms with Gasteiger partial charge < -0.3 is 15.0 Å². The Balaban J connectivity index is 1.79. The number of anilines is 1. The molecule has 1 aromatic heterocycles. The standard InChI is InChI=1S/C13H22N4O2S2/c1-4-5-14-12-15-16-13(21-12)20-8-11(18)17-6-9(2)19-10(3)7-17/h9-10H,4-8H2,1-3H3,(H,14,15). The normalized spacial score (nSPS) is 22.3. The van der Waals surface area contributed by atoms with Crippen LogP contribution in [0.1, 0.15) is 27.2 Å². The molecule has 0 spiro atoms. The van der Waals surface area contributed by atoms with E-state index >= 15 is 0 Å². The minimum Gasteiger partial charge on any atom is -0.372 e. The van der Waals surface area contributed by atoms with Gasteiger partial charge in [-0.2, -0.15) is 0 Å². The molecule has 6 nitrogen and oxygen atoms in total. The maximum atomic E-state index is 12.2. The van der Waals surface area contributed by atoms with Crippen LogP contribution < -0.4 is 5.32 Å². The minimum absolute atomic E-state index is 0.106. The van der Waals surface area contributed by atoms with E-state index in [9.17, 15) is 4.79 Å². The monoisotopic (exact) mass is 330 g/mol. The molecule has 1 N–H and O–H groups in total. The summed E-state index contributed by atoms with van der Waals surface area (Å²) >= 11 is 2.95. The zero-order chi connectivity index (χ0) is 15.2. The van der Waals surface area contributed by atoms with Crippen LogP contribution in [0.2, 0.25) is 0 Å². The first-order valence-electron chi connectivity index (χ1n) is 7.22. The third kappa shape index (κ3) is 5.12. The summed E-state index contributed by atoms with van der Waals surface area (Å²) < 4.78 is 6.47. The van der Waals surface area contributed by atoms with Crippen molar-refractivity contribution in [3.8, 4) is 0 Å². The molecule has 21 heavy (non-hydrogen) atoms. The molecule has 118 valence electrons. The lowest BCUT2D eigenvalue weighted by atomic mass is 10.2. The van der Waals surface area contributed by atoms with Crippen LogP contribution in [-0.2, 0) is 9.53 Å². The summed E-state index contributed by atoms with van der Waals surface area (Å²) in [5, 5.41) is 12.2. The average Bonchev–Trinajstić information content (AvgIpc) is 2.89. The van der Waals surface area contributed by atoms with Crippen LogP contribution in [-0.4, -0.2) is 58.6 Å². The number of ether oxygens (including phenoxy) is 1. The second-order valence-corrected chi connectivity index (χ2v) is 7.34. The fraction of sp³-hybridized carbons (Fsp3) is 0.769. The summed E-state index contributed by atoms with van der Waals surface area (Å²) in [6.45, 7) is 8.33. The molecule has 2 rings (SSSR count). The maximum Gasteiger partial charge on any atom is 0.233 e. The van der Waals surface area contributed by atoms with E-state index in [2.05, 4.69) is 22.4 Å². The fourth-order valence-electron chi connectivity index (χ4n) is 2.17. The molecule has 0 saturated carbocycles. The van der Waals surface area contributed by atoms with Gasteiger partial charge in [0.25, 0.3) is 0 Å². The van der Waals surface area contributed by atoms with Gasteiger partial charge >= 0.3 is 0 Å². The zero-order valence-corrected chi connectivity index (χ0v) is 14.3. The van der Waals surface area contributed by atoms with Gasteiger partial charge in [-0.25, -0.2) is 0 Å². The first-order chi connectivity index (χ1) is 10.1. The first kappa shape index (κ1) is 16.5. The topological polar surface area (TPSA) is 67.4 Å². The fourth-order valence-corrected chi connectivity index (χ4v) is 3.85. The lowest BCUT2D eigenvalue weighted by Crippen LogP contribution is -2.48. The molecule has 0 radical (unpaired) electrons. The summed E-state index contributed by atoms with van der Waals surface area (Å²) in [4.78, 5) is 14.1. The Morgan fingerprint density at radius 2 is 2.14 bits per heavy atom. The van der Waals surface area contributed by atoms with Gasteiger partial charge in [0, 0.05) is 19.6 Å². The molecule has 2 unspecified atom stereocenters. The molecule has 1 aliphatic rings. The predicted molar refractivity (Wildman–Crippen MR) is 86.0 cm³/mol. The lowest BCUT2D eigenvalue weighted by Gasteiger charge is -2.35. The molecule has 1 aliphatic heterocycles. The number of nitrogens with zero attached hydrogens (tertiary/aromatic N) is 3. The molecule has 1 aromatic rings. The molecule has 1 saturated heterocycles. The predicted octanol–water partition coefficient (Wildman–Crippen LogP) is 2.09. The van der Waals surface area contributed by atoms with E-state index in [0.29, 0.717) is 18.8 Å². The van der Waals surface area contributed by atoms with Crippen LogP contribution in [0.4, 0.5) is 5.13 Å². The van der Waals surface area contributed by atoms with Crippen LogP contribution >= 0.6 is 23.1 Å². The Hall–Kier alpha value is -0.860. The SMILES string of the molecule is CCCNc1nnc(SCC(=O)N2CC(C)OC(C)C2)s1. The van der Waals surface area contributed by atoms with Gasteiger partial charge in [0.2, 0.25) is 11.0 Å².